The lowest BCUT2D eigenvalue weighted by Gasteiger charge is -2.22. The number of hydrogen-bond acceptors (Lipinski definition) is 2. The monoisotopic (exact) mass is 253 g/mol. The first-order valence-electron chi connectivity index (χ1n) is 6.36. The molecule has 0 fully saturated rings. The summed E-state index contributed by atoms with van der Waals surface area (Å²) in [6.07, 6.45) is 0.961. The van der Waals surface area contributed by atoms with E-state index in [0.29, 0.717) is 5.56 Å². The molecule has 1 heterocycles. The molecule has 96 valence electrons. The van der Waals surface area contributed by atoms with Gasteiger partial charge in [-0.1, -0.05) is 24.3 Å². The van der Waals surface area contributed by atoms with Gasteiger partial charge in [0.1, 0.15) is 0 Å². The van der Waals surface area contributed by atoms with Gasteiger partial charge in [-0.2, -0.15) is 0 Å². The van der Waals surface area contributed by atoms with Gasteiger partial charge >= 0.3 is 5.97 Å². The second kappa shape index (κ2) is 4.43. The van der Waals surface area contributed by atoms with E-state index in [1.54, 1.807) is 6.07 Å². The van der Waals surface area contributed by atoms with E-state index in [1.165, 1.54) is 5.56 Å². The van der Waals surface area contributed by atoms with Crippen LogP contribution in [0.3, 0.4) is 0 Å². The Morgan fingerprint density at radius 2 is 1.95 bits per heavy atom. The Bertz CT molecular complexity index is 649. The highest BCUT2D eigenvalue weighted by atomic mass is 16.4. The van der Waals surface area contributed by atoms with Crippen molar-refractivity contribution in [2.75, 3.05) is 11.4 Å². The number of rotatable bonds is 2. The van der Waals surface area contributed by atoms with Crippen molar-refractivity contribution < 1.29 is 9.90 Å². The summed E-state index contributed by atoms with van der Waals surface area (Å²) in [4.78, 5) is 13.5. The van der Waals surface area contributed by atoms with Crippen LogP contribution in [-0.2, 0) is 6.42 Å². The number of carboxylic acid groups (broad SMARTS) is 1. The van der Waals surface area contributed by atoms with Gasteiger partial charge in [0.05, 0.1) is 11.3 Å². The Morgan fingerprint density at radius 1 is 1.16 bits per heavy atom. The number of benzene rings is 2. The predicted molar refractivity (Wildman–Crippen MR) is 75.3 cm³/mol. The molecular weight excluding hydrogens is 238 g/mol. The largest absolute Gasteiger partial charge is 0.478 e. The summed E-state index contributed by atoms with van der Waals surface area (Å²) in [5.41, 5.74) is 4.63. The average molecular weight is 253 g/mol. The van der Waals surface area contributed by atoms with Crippen LogP contribution < -0.4 is 4.90 Å². The average Bonchev–Trinajstić information content (AvgIpc) is 2.82. The summed E-state index contributed by atoms with van der Waals surface area (Å²) in [6.45, 7) is 2.82. The molecule has 0 spiro atoms. The Hall–Kier alpha value is -2.29. The number of nitrogens with zero attached hydrogens (tertiary/aromatic N) is 1. The van der Waals surface area contributed by atoms with Crippen LogP contribution >= 0.6 is 0 Å². The molecule has 0 aliphatic carbocycles. The first-order valence-corrected chi connectivity index (χ1v) is 6.36. The van der Waals surface area contributed by atoms with Crippen LogP contribution in [0.1, 0.15) is 21.5 Å². The third kappa shape index (κ3) is 1.97. The number of carboxylic acids is 1. The van der Waals surface area contributed by atoms with Crippen LogP contribution in [0.25, 0.3) is 0 Å². The minimum Gasteiger partial charge on any atom is -0.478 e. The van der Waals surface area contributed by atoms with Crippen LogP contribution in [0.2, 0.25) is 0 Å². The summed E-state index contributed by atoms with van der Waals surface area (Å²) >= 11 is 0. The first-order chi connectivity index (χ1) is 9.16. The molecule has 0 unspecified atom stereocenters. The van der Waals surface area contributed by atoms with E-state index >= 15 is 0 Å². The number of aryl methyl sites for hydroxylation is 1. The Balaban J connectivity index is 2.13. The second-order valence-corrected chi connectivity index (χ2v) is 4.86. The molecule has 1 N–H and O–H groups in total. The predicted octanol–water partition coefficient (Wildman–Crippen LogP) is 3.39. The van der Waals surface area contributed by atoms with Gasteiger partial charge < -0.3 is 10.0 Å². The van der Waals surface area contributed by atoms with Gasteiger partial charge in [-0.3, -0.25) is 0 Å². The maximum absolute atomic E-state index is 11.4. The second-order valence-electron chi connectivity index (χ2n) is 4.86. The SMILES string of the molecule is Cc1ccc(C(=O)O)c(N2CCc3ccccc32)c1. The van der Waals surface area contributed by atoms with Crippen molar-refractivity contribution in [2.24, 2.45) is 0 Å². The van der Waals surface area contributed by atoms with Crippen LogP contribution in [0.5, 0.6) is 0 Å². The molecule has 0 saturated carbocycles. The minimum absolute atomic E-state index is 0.363. The van der Waals surface area contributed by atoms with E-state index in [4.69, 9.17) is 0 Å². The summed E-state index contributed by atoms with van der Waals surface area (Å²) in [5, 5.41) is 9.34. The maximum Gasteiger partial charge on any atom is 0.337 e. The zero-order chi connectivity index (χ0) is 13.4. The molecular formula is C16H15NO2. The maximum atomic E-state index is 11.4. The quantitative estimate of drug-likeness (QED) is 0.891. The van der Waals surface area contributed by atoms with Gasteiger partial charge in [-0.15, -0.1) is 0 Å². The third-order valence-corrected chi connectivity index (χ3v) is 3.56. The lowest BCUT2D eigenvalue weighted by molar-refractivity contribution is 0.0697. The number of para-hydroxylation sites is 1. The molecule has 1 aliphatic rings. The Morgan fingerprint density at radius 3 is 2.74 bits per heavy atom. The Labute approximate surface area is 112 Å². The zero-order valence-corrected chi connectivity index (χ0v) is 10.8. The third-order valence-electron chi connectivity index (χ3n) is 3.56. The van der Waals surface area contributed by atoms with Crippen molar-refractivity contribution in [3.05, 3.63) is 59.2 Å². The van der Waals surface area contributed by atoms with Crippen LogP contribution in [0, 0.1) is 6.92 Å². The fourth-order valence-corrected chi connectivity index (χ4v) is 2.63. The fourth-order valence-electron chi connectivity index (χ4n) is 2.63. The normalized spacial score (nSPS) is 13.4. The molecule has 2 aromatic carbocycles. The molecule has 0 aromatic heterocycles. The van der Waals surface area contributed by atoms with E-state index in [0.717, 1.165) is 29.9 Å². The van der Waals surface area contributed by atoms with Crippen molar-refractivity contribution in [1.82, 2.24) is 0 Å². The van der Waals surface area contributed by atoms with Crippen molar-refractivity contribution in [1.29, 1.82) is 0 Å². The summed E-state index contributed by atoms with van der Waals surface area (Å²) in [5.74, 6) is -0.876. The highest BCUT2D eigenvalue weighted by molar-refractivity contribution is 5.96. The van der Waals surface area contributed by atoms with Crippen molar-refractivity contribution in [3.63, 3.8) is 0 Å². The Kier molecular flexibility index (Phi) is 2.75. The van der Waals surface area contributed by atoms with Crippen molar-refractivity contribution in [3.8, 4) is 0 Å². The number of carbonyl (C=O) groups is 1. The number of fused-ring (bicyclic) bond motifs is 1. The molecule has 0 radical (unpaired) electrons. The van der Waals surface area contributed by atoms with Crippen LogP contribution in [0.15, 0.2) is 42.5 Å². The zero-order valence-electron chi connectivity index (χ0n) is 10.8. The molecule has 2 aromatic rings. The van der Waals surface area contributed by atoms with Gasteiger partial charge in [0.2, 0.25) is 0 Å². The van der Waals surface area contributed by atoms with E-state index in [1.807, 2.05) is 31.2 Å². The standard InChI is InChI=1S/C16H15NO2/c1-11-6-7-13(16(18)19)15(10-11)17-9-8-12-4-2-3-5-14(12)17/h2-7,10H,8-9H2,1H3,(H,18,19). The number of anilines is 2. The molecule has 0 atom stereocenters. The first kappa shape index (κ1) is 11.8. The molecule has 3 heteroatoms. The van der Waals surface area contributed by atoms with Crippen molar-refractivity contribution in [2.45, 2.75) is 13.3 Å². The van der Waals surface area contributed by atoms with Gasteiger partial charge in [-0.25, -0.2) is 4.79 Å². The van der Waals surface area contributed by atoms with E-state index in [-0.39, 0.29) is 0 Å². The van der Waals surface area contributed by atoms with Crippen LogP contribution in [0.4, 0.5) is 11.4 Å². The lowest BCUT2D eigenvalue weighted by atomic mass is 10.1. The molecule has 3 nitrogen and oxygen atoms in total. The van der Waals surface area contributed by atoms with Gasteiger partial charge in [0.15, 0.2) is 0 Å². The van der Waals surface area contributed by atoms with Gasteiger partial charge in [0, 0.05) is 12.2 Å². The highest BCUT2D eigenvalue weighted by Gasteiger charge is 2.23. The summed E-state index contributed by atoms with van der Waals surface area (Å²) in [6, 6.07) is 13.7. The van der Waals surface area contributed by atoms with Gasteiger partial charge in [0.25, 0.3) is 0 Å². The highest BCUT2D eigenvalue weighted by Crippen LogP contribution is 2.36. The smallest absolute Gasteiger partial charge is 0.337 e. The molecule has 0 saturated heterocycles. The molecule has 0 amide bonds. The molecule has 19 heavy (non-hydrogen) atoms. The van der Waals surface area contributed by atoms with Gasteiger partial charge in [-0.05, 0) is 42.7 Å². The number of aromatic carboxylic acids is 1. The topological polar surface area (TPSA) is 40.5 Å². The summed E-state index contributed by atoms with van der Waals surface area (Å²) in [7, 11) is 0. The van der Waals surface area contributed by atoms with Crippen LogP contribution in [-0.4, -0.2) is 17.6 Å². The summed E-state index contributed by atoms with van der Waals surface area (Å²) < 4.78 is 0. The van der Waals surface area contributed by atoms with E-state index in [9.17, 15) is 9.90 Å². The van der Waals surface area contributed by atoms with E-state index in [2.05, 4.69) is 17.0 Å². The lowest BCUT2D eigenvalue weighted by Crippen LogP contribution is -2.17. The van der Waals surface area contributed by atoms with Crippen molar-refractivity contribution >= 4 is 17.3 Å². The molecule has 1 aliphatic heterocycles. The molecule has 0 bridgehead atoms. The van der Waals surface area contributed by atoms with E-state index < -0.39 is 5.97 Å². The molecule has 3 rings (SSSR count). The minimum atomic E-state index is -0.876. The fraction of sp³-hybridized carbons (Fsp3) is 0.188. The number of hydrogen-bond donors (Lipinski definition) is 1.